The van der Waals surface area contributed by atoms with Crippen LogP contribution in [-0.4, -0.2) is 35.5 Å². The largest absolute Gasteiger partial charge is 0.366 e. The van der Waals surface area contributed by atoms with Crippen molar-refractivity contribution in [1.29, 1.82) is 0 Å². The van der Waals surface area contributed by atoms with Gasteiger partial charge in [0.15, 0.2) is 11.6 Å². The molecule has 4 nitrogen and oxygen atoms in total. The molecule has 29 heavy (non-hydrogen) atoms. The van der Waals surface area contributed by atoms with Crippen LogP contribution in [0.2, 0.25) is 0 Å². The number of nitrogens with zero attached hydrogens (tertiary/aromatic N) is 1. The predicted molar refractivity (Wildman–Crippen MR) is 123 cm³/mol. The maximum Gasteiger partial charge on any atom is 0.165 e. The van der Waals surface area contributed by atoms with Gasteiger partial charge in [-0.1, -0.05) is 45.4 Å². The molecule has 0 N–H and O–H groups in total. The molecule has 164 valence electrons. The van der Waals surface area contributed by atoms with Crippen molar-refractivity contribution in [2.45, 2.75) is 90.4 Å². The van der Waals surface area contributed by atoms with Crippen LogP contribution in [0.15, 0.2) is 0 Å². The van der Waals surface area contributed by atoms with E-state index in [1.165, 1.54) is 42.7 Å². The summed E-state index contributed by atoms with van der Waals surface area (Å²) in [5, 5.41) is 0.910. The van der Waals surface area contributed by atoms with E-state index in [0.29, 0.717) is 12.8 Å². The number of thiol groups is 1. The number of carbonyl (C=O) groups is 2. The van der Waals surface area contributed by atoms with Gasteiger partial charge in [-0.2, -0.15) is 12.6 Å². The molecule has 1 aromatic heterocycles. The van der Waals surface area contributed by atoms with Gasteiger partial charge in [0.05, 0.1) is 12.1 Å². The molecule has 0 unspecified atom stereocenters. The Morgan fingerprint density at radius 2 is 1.86 bits per heavy atom. The van der Waals surface area contributed by atoms with Gasteiger partial charge in [-0.15, -0.1) is 11.3 Å². The van der Waals surface area contributed by atoms with Crippen LogP contribution >= 0.6 is 24.0 Å². The highest BCUT2D eigenvalue weighted by atomic mass is 32.1. The first-order valence-electron chi connectivity index (χ1n) is 11.3. The van der Waals surface area contributed by atoms with Crippen LogP contribution in [0, 0.1) is 5.92 Å². The van der Waals surface area contributed by atoms with Crippen molar-refractivity contribution in [3.63, 3.8) is 0 Å². The van der Waals surface area contributed by atoms with Gasteiger partial charge in [0.1, 0.15) is 18.2 Å². The lowest BCUT2D eigenvalue weighted by atomic mass is 9.87. The predicted octanol–water partition coefficient (Wildman–Crippen LogP) is 5.41. The van der Waals surface area contributed by atoms with Crippen molar-refractivity contribution in [2.24, 2.45) is 5.92 Å². The lowest BCUT2D eigenvalue weighted by molar-refractivity contribution is -0.128. The molecule has 0 spiro atoms. The van der Waals surface area contributed by atoms with Crippen LogP contribution in [-0.2, 0) is 33.6 Å². The average molecular weight is 440 g/mol. The second-order valence-corrected chi connectivity index (χ2v) is 9.83. The lowest BCUT2D eigenvalue weighted by Gasteiger charge is -2.20. The first-order valence-corrected chi connectivity index (χ1v) is 12.8. The third-order valence-electron chi connectivity index (χ3n) is 5.54. The molecule has 1 aliphatic rings. The Hall–Kier alpha value is -0.720. The molecule has 0 amide bonds. The van der Waals surface area contributed by atoms with Crippen LogP contribution < -0.4 is 0 Å². The van der Waals surface area contributed by atoms with Crippen molar-refractivity contribution in [1.82, 2.24) is 4.98 Å². The Labute approximate surface area is 185 Å². The van der Waals surface area contributed by atoms with E-state index in [0.717, 1.165) is 55.2 Å². The molecule has 0 fully saturated rings. The Kier molecular flexibility index (Phi) is 12.1. The van der Waals surface area contributed by atoms with Crippen LogP contribution in [0.5, 0.6) is 0 Å². The molecule has 0 bridgehead atoms. The summed E-state index contributed by atoms with van der Waals surface area (Å²) < 4.78 is 5.36. The third-order valence-corrected chi connectivity index (χ3v) is 6.98. The fourth-order valence-corrected chi connectivity index (χ4v) is 5.33. The molecule has 1 atom stereocenters. The fourth-order valence-electron chi connectivity index (χ4n) is 3.85. The normalized spacial score (nSPS) is 16.0. The smallest absolute Gasteiger partial charge is 0.165 e. The van der Waals surface area contributed by atoms with Crippen LogP contribution in [0.4, 0.5) is 0 Å². The number of Topliss-reactive ketones (excluding diaryl/α,β-unsaturated/α-hetero) is 2. The van der Waals surface area contributed by atoms with Crippen LogP contribution in [0.1, 0.15) is 86.7 Å². The zero-order valence-electron chi connectivity index (χ0n) is 17.9. The quantitative estimate of drug-likeness (QED) is 0.276. The lowest BCUT2D eigenvalue weighted by Crippen LogP contribution is -2.16. The molecule has 0 saturated heterocycles. The van der Waals surface area contributed by atoms with Gasteiger partial charge in [0.2, 0.25) is 0 Å². The summed E-state index contributed by atoms with van der Waals surface area (Å²) in [6, 6.07) is 0. The minimum absolute atomic E-state index is 0.0110. The van der Waals surface area contributed by atoms with Crippen LogP contribution in [0.25, 0.3) is 0 Å². The molecular weight excluding hydrogens is 402 g/mol. The first kappa shape index (κ1) is 24.5. The number of fused-ring (bicyclic) bond motifs is 1. The van der Waals surface area contributed by atoms with Crippen molar-refractivity contribution in [3.8, 4) is 0 Å². The maximum absolute atomic E-state index is 12.2. The second kappa shape index (κ2) is 14.3. The number of aryl methyl sites for hydroxylation is 1. The van der Waals surface area contributed by atoms with Gasteiger partial charge in [-0.05, 0) is 43.8 Å². The minimum atomic E-state index is 0.0110. The van der Waals surface area contributed by atoms with E-state index in [-0.39, 0.29) is 24.8 Å². The number of aromatic nitrogens is 1. The standard InChI is InChI=1S/C23H37NO3S2/c1-2-3-9-18-11-12-21-22(14-18)29-23(24-21)15-20(26)17-27-16-19(25)10-7-5-4-6-8-13-28/h18,28H,2-17H2,1H3/t18-/m0/s1. The molecule has 2 rings (SSSR count). The number of thiazole rings is 1. The van der Waals surface area contributed by atoms with Crippen LogP contribution in [0.3, 0.4) is 0 Å². The van der Waals surface area contributed by atoms with E-state index < -0.39 is 0 Å². The Morgan fingerprint density at radius 1 is 1.10 bits per heavy atom. The van der Waals surface area contributed by atoms with E-state index in [2.05, 4.69) is 19.6 Å². The highest BCUT2D eigenvalue weighted by Gasteiger charge is 2.22. The second-order valence-electron chi connectivity index (χ2n) is 8.22. The van der Waals surface area contributed by atoms with Gasteiger partial charge in [0, 0.05) is 11.3 Å². The molecule has 0 aliphatic heterocycles. The van der Waals surface area contributed by atoms with Crippen molar-refractivity contribution >= 4 is 35.5 Å². The van der Waals surface area contributed by atoms with Crippen molar-refractivity contribution in [3.05, 3.63) is 15.6 Å². The molecule has 6 heteroatoms. The van der Waals surface area contributed by atoms with Gasteiger partial charge >= 0.3 is 0 Å². The number of ketones is 2. The van der Waals surface area contributed by atoms with Crippen molar-refractivity contribution in [2.75, 3.05) is 19.0 Å². The summed E-state index contributed by atoms with van der Waals surface area (Å²) >= 11 is 5.90. The molecule has 0 aromatic carbocycles. The van der Waals surface area contributed by atoms with Gasteiger partial charge < -0.3 is 4.74 Å². The highest BCUT2D eigenvalue weighted by molar-refractivity contribution is 7.80. The highest BCUT2D eigenvalue weighted by Crippen LogP contribution is 2.32. The zero-order valence-corrected chi connectivity index (χ0v) is 19.6. The Balaban J connectivity index is 1.60. The number of carbonyl (C=O) groups excluding carboxylic acids is 2. The van der Waals surface area contributed by atoms with E-state index in [4.69, 9.17) is 9.72 Å². The van der Waals surface area contributed by atoms with E-state index in [1.807, 2.05) is 0 Å². The van der Waals surface area contributed by atoms with E-state index >= 15 is 0 Å². The summed E-state index contributed by atoms with van der Waals surface area (Å²) in [7, 11) is 0. The summed E-state index contributed by atoms with van der Waals surface area (Å²) in [6.45, 7) is 2.31. The molecule has 1 aliphatic carbocycles. The number of hydrogen-bond donors (Lipinski definition) is 1. The maximum atomic E-state index is 12.2. The fraction of sp³-hybridized carbons (Fsp3) is 0.783. The van der Waals surface area contributed by atoms with Crippen molar-refractivity contribution < 1.29 is 14.3 Å². The van der Waals surface area contributed by atoms with Gasteiger partial charge in [-0.25, -0.2) is 4.98 Å². The van der Waals surface area contributed by atoms with Gasteiger partial charge in [0.25, 0.3) is 0 Å². The van der Waals surface area contributed by atoms with E-state index in [9.17, 15) is 9.59 Å². The molecule has 1 aromatic rings. The summed E-state index contributed by atoms with van der Waals surface area (Å²) in [5.41, 5.74) is 1.20. The average Bonchev–Trinajstić information content (AvgIpc) is 3.10. The van der Waals surface area contributed by atoms with Gasteiger partial charge in [-0.3, -0.25) is 9.59 Å². The molecule has 0 saturated carbocycles. The minimum Gasteiger partial charge on any atom is -0.366 e. The SMILES string of the molecule is CCCC[C@H]1CCc2nc(CC(=O)COCC(=O)CCCCCCCS)sc2C1. The Morgan fingerprint density at radius 3 is 2.66 bits per heavy atom. The topological polar surface area (TPSA) is 56.3 Å². The Bertz CT molecular complexity index is 630. The van der Waals surface area contributed by atoms with E-state index in [1.54, 1.807) is 11.3 Å². The third kappa shape index (κ3) is 9.75. The number of ether oxygens (including phenoxy) is 1. The molecule has 0 radical (unpaired) electrons. The summed E-state index contributed by atoms with van der Waals surface area (Å²) in [6.07, 6.45) is 13.6. The molecular formula is C23H37NO3S2. The molecule has 1 heterocycles. The summed E-state index contributed by atoms with van der Waals surface area (Å²) in [5.74, 6) is 1.82. The number of hydrogen-bond acceptors (Lipinski definition) is 6. The monoisotopic (exact) mass is 439 g/mol. The zero-order chi connectivity index (χ0) is 20.9. The first-order chi connectivity index (χ1) is 14.1. The number of unbranched alkanes of at least 4 members (excludes halogenated alkanes) is 5. The number of rotatable bonds is 16. The summed E-state index contributed by atoms with van der Waals surface area (Å²) in [4.78, 5) is 30.1.